The highest BCUT2D eigenvalue weighted by Crippen LogP contribution is 2.21. The first kappa shape index (κ1) is 9.78. The number of rotatable bonds is 4. The summed E-state index contributed by atoms with van der Waals surface area (Å²) >= 11 is 1.36. The lowest BCUT2D eigenvalue weighted by Gasteiger charge is -1.95. The first-order valence-corrected chi connectivity index (χ1v) is 5.04. The van der Waals surface area contributed by atoms with Gasteiger partial charge in [0.25, 0.3) is 0 Å². The van der Waals surface area contributed by atoms with Crippen molar-refractivity contribution in [3.8, 4) is 0 Å². The number of H-pyrrole nitrogens is 1. The van der Waals surface area contributed by atoms with Crippen LogP contribution in [0.1, 0.15) is 16.1 Å². The Morgan fingerprint density at radius 1 is 1.67 bits per heavy atom. The molecule has 0 radical (unpaired) electrons. The molecule has 0 bridgehead atoms. The van der Waals surface area contributed by atoms with Gasteiger partial charge in [0.05, 0.1) is 6.26 Å². The van der Waals surface area contributed by atoms with Crippen LogP contribution in [0.25, 0.3) is 0 Å². The van der Waals surface area contributed by atoms with Crippen LogP contribution in [0.2, 0.25) is 0 Å². The molecule has 6 nitrogen and oxygen atoms in total. The molecule has 2 rings (SSSR count). The van der Waals surface area contributed by atoms with E-state index in [4.69, 9.17) is 9.52 Å². The molecule has 0 spiro atoms. The Kier molecular flexibility index (Phi) is 2.72. The van der Waals surface area contributed by atoms with E-state index in [9.17, 15) is 4.79 Å². The number of hydrogen-bond acceptors (Lipinski definition) is 5. The average Bonchev–Trinajstić information content (AvgIpc) is 2.86. The van der Waals surface area contributed by atoms with Crippen molar-refractivity contribution in [1.29, 1.82) is 0 Å². The lowest BCUT2D eigenvalue weighted by Crippen LogP contribution is -1.97. The normalized spacial score (nSPS) is 10.4. The van der Waals surface area contributed by atoms with Gasteiger partial charge in [-0.15, -0.1) is 0 Å². The van der Waals surface area contributed by atoms with E-state index in [0.717, 1.165) is 0 Å². The third-order valence-electron chi connectivity index (χ3n) is 1.70. The lowest BCUT2D eigenvalue weighted by atomic mass is 10.3. The van der Waals surface area contributed by atoms with Gasteiger partial charge in [-0.3, -0.25) is 5.10 Å². The Morgan fingerprint density at radius 2 is 2.53 bits per heavy atom. The zero-order valence-electron chi connectivity index (χ0n) is 7.51. The molecule has 0 aliphatic carbocycles. The topological polar surface area (TPSA) is 92.0 Å². The molecule has 2 heterocycles. The monoisotopic (exact) mass is 225 g/mol. The third kappa shape index (κ3) is 2.18. The number of nitrogens with one attached hydrogen (secondary N) is 1. The summed E-state index contributed by atoms with van der Waals surface area (Å²) in [5.74, 6) is -0.608. The standard InChI is InChI=1S/C8H7N3O3S/c12-7(13)6-5(1-2-14-6)3-15-8-9-4-10-11-8/h1-2,4H,3H2,(H,12,13)(H,9,10,11). The summed E-state index contributed by atoms with van der Waals surface area (Å²) in [6.45, 7) is 0. The summed E-state index contributed by atoms with van der Waals surface area (Å²) < 4.78 is 4.84. The van der Waals surface area contributed by atoms with E-state index < -0.39 is 5.97 Å². The van der Waals surface area contributed by atoms with Crippen LogP contribution in [0.3, 0.4) is 0 Å². The molecule has 2 aromatic heterocycles. The zero-order valence-corrected chi connectivity index (χ0v) is 8.32. The van der Waals surface area contributed by atoms with E-state index >= 15 is 0 Å². The van der Waals surface area contributed by atoms with Crippen molar-refractivity contribution in [3.05, 3.63) is 30.0 Å². The van der Waals surface area contributed by atoms with E-state index in [-0.39, 0.29) is 5.76 Å². The Bertz CT molecular complexity index is 451. The minimum absolute atomic E-state index is 0.0259. The molecule has 0 fully saturated rings. The van der Waals surface area contributed by atoms with Crippen molar-refractivity contribution in [2.24, 2.45) is 0 Å². The summed E-state index contributed by atoms with van der Waals surface area (Å²) in [6.07, 6.45) is 2.76. The molecular weight excluding hydrogens is 218 g/mol. The van der Waals surface area contributed by atoms with Gasteiger partial charge in [0, 0.05) is 11.3 Å². The van der Waals surface area contributed by atoms with Gasteiger partial charge in [-0.1, -0.05) is 11.8 Å². The highest BCUT2D eigenvalue weighted by Gasteiger charge is 2.14. The number of aromatic amines is 1. The zero-order chi connectivity index (χ0) is 10.7. The van der Waals surface area contributed by atoms with E-state index in [1.165, 1.54) is 24.4 Å². The van der Waals surface area contributed by atoms with Gasteiger partial charge in [-0.2, -0.15) is 5.10 Å². The van der Waals surface area contributed by atoms with E-state index in [1.54, 1.807) is 6.07 Å². The number of carbonyl (C=O) groups is 1. The number of hydrogen-bond donors (Lipinski definition) is 2. The summed E-state index contributed by atoms with van der Waals surface area (Å²) in [4.78, 5) is 14.6. The molecule has 0 unspecified atom stereocenters. The number of furan rings is 1. The Morgan fingerprint density at radius 3 is 3.20 bits per heavy atom. The van der Waals surface area contributed by atoms with Crippen molar-refractivity contribution in [2.45, 2.75) is 10.9 Å². The molecule has 15 heavy (non-hydrogen) atoms. The lowest BCUT2D eigenvalue weighted by molar-refractivity contribution is 0.0661. The summed E-state index contributed by atoms with van der Waals surface area (Å²) in [6, 6.07) is 1.63. The molecule has 0 aliphatic heterocycles. The molecule has 0 atom stereocenters. The molecule has 0 saturated heterocycles. The van der Waals surface area contributed by atoms with Gasteiger partial charge in [0.1, 0.15) is 6.33 Å². The fourth-order valence-electron chi connectivity index (χ4n) is 1.05. The second-order valence-corrected chi connectivity index (χ2v) is 3.62. The fraction of sp³-hybridized carbons (Fsp3) is 0.125. The molecule has 2 N–H and O–H groups in total. The van der Waals surface area contributed by atoms with Crippen LogP contribution in [0, 0.1) is 0 Å². The number of aromatic carboxylic acids is 1. The van der Waals surface area contributed by atoms with Crippen LogP contribution in [0.5, 0.6) is 0 Å². The van der Waals surface area contributed by atoms with E-state index in [1.807, 2.05) is 0 Å². The Labute approximate surface area is 88.7 Å². The first-order chi connectivity index (χ1) is 7.27. The second-order valence-electron chi connectivity index (χ2n) is 2.66. The van der Waals surface area contributed by atoms with Crippen LogP contribution in [-0.2, 0) is 5.75 Å². The summed E-state index contributed by atoms with van der Waals surface area (Å²) in [5, 5.41) is 15.8. The molecule has 0 saturated carbocycles. The molecule has 0 aromatic carbocycles. The molecule has 78 valence electrons. The van der Waals surface area contributed by atoms with E-state index in [2.05, 4.69) is 15.2 Å². The SMILES string of the molecule is O=C(O)c1occc1CSc1ncn[nH]1. The number of carboxylic acids is 1. The van der Waals surface area contributed by atoms with Crippen molar-refractivity contribution < 1.29 is 14.3 Å². The molecular formula is C8H7N3O3S. The van der Waals surface area contributed by atoms with E-state index in [0.29, 0.717) is 16.5 Å². The predicted molar refractivity (Wildman–Crippen MR) is 51.6 cm³/mol. The quantitative estimate of drug-likeness (QED) is 0.764. The first-order valence-electron chi connectivity index (χ1n) is 4.05. The maximum absolute atomic E-state index is 10.7. The Balaban J connectivity index is 2.05. The van der Waals surface area contributed by atoms with Gasteiger partial charge in [-0.05, 0) is 6.07 Å². The Hall–Kier alpha value is -1.76. The molecule has 7 heteroatoms. The maximum Gasteiger partial charge on any atom is 0.372 e. The van der Waals surface area contributed by atoms with Gasteiger partial charge in [-0.25, -0.2) is 9.78 Å². The van der Waals surface area contributed by atoms with Crippen LogP contribution in [0.15, 0.2) is 28.2 Å². The van der Waals surface area contributed by atoms with Crippen molar-refractivity contribution in [2.75, 3.05) is 0 Å². The molecule has 0 amide bonds. The molecule has 0 aliphatic rings. The van der Waals surface area contributed by atoms with Crippen molar-refractivity contribution in [3.63, 3.8) is 0 Å². The number of aromatic nitrogens is 3. The maximum atomic E-state index is 10.7. The minimum Gasteiger partial charge on any atom is -0.475 e. The third-order valence-corrected chi connectivity index (χ3v) is 2.62. The van der Waals surface area contributed by atoms with Crippen LogP contribution >= 0.6 is 11.8 Å². The summed E-state index contributed by atoms with van der Waals surface area (Å²) in [7, 11) is 0. The van der Waals surface area contributed by atoms with Crippen LogP contribution in [0.4, 0.5) is 0 Å². The van der Waals surface area contributed by atoms with Gasteiger partial charge in [0.15, 0.2) is 5.16 Å². The largest absolute Gasteiger partial charge is 0.475 e. The van der Waals surface area contributed by atoms with Gasteiger partial charge >= 0.3 is 5.97 Å². The number of thioether (sulfide) groups is 1. The smallest absolute Gasteiger partial charge is 0.372 e. The van der Waals surface area contributed by atoms with Gasteiger partial charge in [0.2, 0.25) is 5.76 Å². The molecule has 2 aromatic rings. The van der Waals surface area contributed by atoms with Crippen LogP contribution < -0.4 is 0 Å². The highest BCUT2D eigenvalue weighted by molar-refractivity contribution is 7.98. The number of nitrogens with zero attached hydrogens (tertiary/aromatic N) is 2. The second kappa shape index (κ2) is 4.18. The van der Waals surface area contributed by atoms with Gasteiger partial charge < -0.3 is 9.52 Å². The predicted octanol–water partition coefficient (Wildman–Crippen LogP) is 1.39. The number of carboxylic acid groups (broad SMARTS) is 1. The highest BCUT2D eigenvalue weighted by atomic mass is 32.2. The van der Waals surface area contributed by atoms with Crippen molar-refractivity contribution in [1.82, 2.24) is 15.2 Å². The fourth-order valence-corrected chi connectivity index (χ4v) is 1.81. The van der Waals surface area contributed by atoms with Crippen LogP contribution in [-0.4, -0.2) is 26.3 Å². The summed E-state index contributed by atoms with van der Waals surface area (Å²) in [5.41, 5.74) is 0.629. The van der Waals surface area contributed by atoms with Crippen molar-refractivity contribution >= 4 is 17.7 Å². The minimum atomic E-state index is -1.06. The average molecular weight is 225 g/mol.